The lowest BCUT2D eigenvalue weighted by molar-refractivity contribution is -0.161. The minimum Gasteiger partial charge on any atom is -0.393 e. The van der Waals surface area contributed by atoms with E-state index in [1.807, 2.05) is 0 Å². The molecule has 134 valence electrons. The molecule has 0 spiro atoms. The Hall–Kier alpha value is -0.380. The number of fused-ring (bicyclic) bond motifs is 6. The first-order valence-corrected chi connectivity index (χ1v) is 10.3. The molecule has 1 aliphatic heterocycles. The SMILES string of the molecule is CC[C@]12CC[C@H]3[C@@H](CC=C4CC5OCCOC5C[C@@H]43)[C@@H]1CC[C@@H]2O. The molecule has 1 N–H and O–H groups in total. The zero-order valence-corrected chi connectivity index (χ0v) is 15.0. The van der Waals surface area contributed by atoms with Gasteiger partial charge in [-0.3, -0.25) is 0 Å². The van der Waals surface area contributed by atoms with Crippen molar-refractivity contribution < 1.29 is 14.6 Å². The summed E-state index contributed by atoms with van der Waals surface area (Å²) in [6.45, 7) is 3.85. The molecule has 2 unspecified atom stereocenters. The quantitative estimate of drug-likeness (QED) is 0.744. The fourth-order valence-corrected chi connectivity index (χ4v) is 7.39. The van der Waals surface area contributed by atoms with E-state index in [0.717, 1.165) is 56.1 Å². The van der Waals surface area contributed by atoms with Crippen LogP contribution in [0.5, 0.6) is 0 Å². The van der Waals surface area contributed by atoms with Gasteiger partial charge in [0.25, 0.3) is 0 Å². The summed E-state index contributed by atoms with van der Waals surface area (Å²) in [7, 11) is 0. The predicted octanol–water partition coefficient (Wildman–Crippen LogP) is 3.70. The van der Waals surface area contributed by atoms with Crippen LogP contribution in [0.1, 0.15) is 58.3 Å². The van der Waals surface area contributed by atoms with Gasteiger partial charge >= 0.3 is 0 Å². The van der Waals surface area contributed by atoms with Crippen LogP contribution in [0.25, 0.3) is 0 Å². The van der Waals surface area contributed by atoms with Gasteiger partial charge in [-0.2, -0.15) is 0 Å². The van der Waals surface area contributed by atoms with E-state index >= 15 is 0 Å². The number of aliphatic hydroxyl groups is 1. The highest BCUT2D eigenvalue weighted by molar-refractivity contribution is 5.21. The molecule has 24 heavy (non-hydrogen) atoms. The van der Waals surface area contributed by atoms with Crippen LogP contribution in [0.15, 0.2) is 11.6 Å². The van der Waals surface area contributed by atoms with Gasteiger partial charge in [0.15, 0.2) is 0 Å². The van der Waals surface area contributed by atoms with Gasteiger partial charge < -0.3 is 14.6 Å². The fourth-order valence-electron chi connectivity index (χ4n) is 7.39. The molecule has 3 nitrogen and oxygen atoms in total. The molecule has 0 aromatic carbocycles. The lowest BCUT2D eigenvalue weighted by Crippen LogP contribution is -2.51. The van der Waals surface area contributed by atoms with Crippen LogP contribution >= 0.6 is 0 Å². The fraction of sp³-hybridized carbons (Fsp3) is 0.905. The highest BCUT2D eigenvalue weighted by Crippen LogP contribution is 2.62. The third-order valence-corrected chi connectivity index (χ3v) is 8.55. The van der Waals surface area contributed by atoms with Gasteiger partial charge in [0, 0.05) is 0 Å². The second-order valence-corrected chi connectivity index (χ2v) is 9.03. The van der Waals surface area contributed by atoms with Crippen molar-refractivity contribution in [2.45, 2.75) is 76.6 Å². The smallest absolute Gasteiger partial charge is 0.0875 e. The third-order valence-electron chi connectivity index (χ3n) is 8.55. The number of rotatable bonds is 1. The summed E-state index contributed by atoms with van der Waals surface area (Å²) in [6, 6.07) is 0. The Kier molecular flexibility index (Phi) is 3.84. The molecule has 1 saturated heterocycles. The van der Waals surface area contributed by atoms with E-state index in [0.29, 0.717) is 12.2 Å². The summed E-state index contributed by atoms with van der Waals surface area (Å²) in [4.78, 5) is 0. The Morgan fingerprint density at radius 2 is 1.96 bits per heavy atom. The van der Waals surface area contributed by atoms with E-state index in [-0.39, 0.29) is 11.5 Å². The Balaban J connectivity index is 1.42. The summed E-state index contributed by atoms with van der Waals surface area (Å²) in [6.07, 6.45) is 12.7. The van der Waals surface area contributed by atoms with E-state index in [4.69, 9.17) is 9.47 Å². The molecule has 1 heterocycles. The zero-order chi connectivity index (χ0) is 16.3. The maximum Gasteiger partial charge on any atom is 0.0875 e. The van der Waals surface area contributed by atoms with Crippen molar-refractivity contribution >= 4 is 0 Å². The van der Waals surface area contributed by atoms with Crippen LogP contribution in [-0.2, 0) is 9.47 Å². The number of hydrogen-bond acceptors (Lipinski definition) is 3. The average molecular weight is 332 g/mol. The molecule has 5 rings (SSSR count). The van der Waals surface area contributed by atoms with Gasteiger partial charge in [-0.15, -0.1) is 0 Å². The van der Waals surface area contributed by atoms with Crippen molar-refractivity contribution in [3.63, 3.8) is 0 Å². The molecule has 4 fully saturated rings. The van der Waals surface area contributed by atoms with E-state index in [2.05, 4.69) is 13.0 Å². The molecule has 0 aromatic heterocycles. The summed E-state index contributed by atoms with van der Waals surface area (Å²) < 4.78 is 12.0. The van der Waals surface area contributed by atoms with Crippen molar-refractivity contribution in [1.29, 1.82) is 0 Å². The van der Waals surface area contributed by atoms with Crippen LogP contribution in [0, 0.1) is 29.1 Å². The highest BCUT2D eigenvalue weighted by Gasteiger charge is 2.57. The molecule has 0 radical (unpaired) electrons. The van der Waals surface area contributed by atoms with E-state index in [9.17, 15) is 5.11 Å². The Morgan fingerprint density at radius 3 is 2.79 bits per heavy atom. The average Bonchev–Trinajstić information content (AvgIpc) is 2.97. The monoisotopic (exact) mass is 332 g/mol. The van der Waals surface area contributed by atoms with Crippen molar-refractivity contribution in [2.75, 3.05) is 13.2 Å². The Labute approximate surface area is 145 Å². The minimum atomic E-state index is -0.0513. The van der Waals surface area contributed by atoms with Crippen molar-refractivity contribution in [1.82, 2.24) is 0 Å². The van der Waals surface area contributed by atoms with E-state index in [1.54, 1.807) is 5.57 Å². The molecule has 0 aromatic rings. The van der Waals surface area contributed by atoms with Gasteiger partial charge in [0.1, 0.15) is 0 Å². The first-order chi connectivity index (χ1) is 11.7. The summed E-state index contributed by atoms with van der Waals surface area (Å²) >= 11 is 0. The van der Waals surface area contributed by atoms with Crippen LogP contribution < -0.4 is 0 Å². The van der Waals surface area contributed by atoms with Gasteiger partial charge in [0.05, 0.1) is 31.5 Å². The Bertz CT molecular complexity index is 529. The highest BCUT2D eigenvalue weighted by atomic mass is 16.6. The minimum absolute atomic E-state index is 0.0513. The van der Waals surface area contributed by atoms with E-state index in [1.165, 1.54) is 32.1 Å². The van der Waals surface area contributed by atoms with Gasteiger partial charge in [-0.1, -0.05) is 18.6 Å². The number of hydrogen-bond donors (Lipinski definition) is 1. The first-order valence-electron chi connectivity index (χ1n) is 10.3. The van der Waals surface area contributed by atoms with E-state index < -0.39 is 0 Å². The molecule has 3 saturated carbocycles. The normalized spacial score (nSPS) is 53.4. The largest absolute Gasteiger partial charge is 0.393 e. The van der Waals surface area contributed by atoms with Crippen LogP contribution in [0.2, 0.25) is 0 Å². The van der Waals surface area contributed by atoms with Gasteiger partial charge in [-0.05, 0) is 80.5 Å². The molecule has 4 aliphatic carbocycles. The van der Waals surface area contributed by atoms with Crippen molar-refractivity contribution in [2.24, 2.45) is 29.1 Å². The second-order valence-electron chi connectivity index (χ2n) is 9.03. The number of ether oxygens (including phenoxy) is 2. The second kappa shape index (κ2) is 5.82. The summed E-state index contributed by atoms with van der Waals surface area (Å²) in [5.74, 6) is 3.09. The molecular weight excluding hydrogens is 300 g/mol. The molecule has 5 aliphatic rings. The van der Waals surface area contributed by atoms with Crippen LogP contribution in [0.4, 0.5) is 0 Å². The zero-order valence-electron chi connectivity index (χ0n) is 15.0. The van der Waals surface area contributed by atoms with Gasteiger partial charge in [0.2, 0.25) is 0 Å². The topological polar surface area (TPSA) is 38.7 Å². The lowest BCUT2D eigenvalue weighted by Gasteiger charge is -2.55. The molecule has 3 heteroatoms. The maximum atomic E-state index is 10.7. The number of allylic oxidation sites excluding steroid dienone is 1. The first kappa shape index (κ1) is 15.8. The molecule has 0 amide bonds. The summed E-state index contributed by atoms with van der Waals surface area (Å²) in [5, 5.41) is 10.7. The summed E-state index contributed by atoms with van der Waals surface area (Å²) in [5.41, 5.74) is 1.90. The molecule has 0 bridgehead atoms. The van der Waals surface area contributed by atoms with Crippen molar-refractivity contribution in [3.8, 4) is 0 Å². The van der Waals surface area contributed by atoms with Gasteiger partial charge in [-0.25, -0.2) is 0 Å². The maximum absolute atomic E-state index is 10.7. The lowest BCUT2D eigenvalue weighted by atomic mass is 9.51. The third kappa shape index (κ3) is 2.13. The Morgan fingerprint density at radius 1 is 1.12 bits per heavy atom. The predicted molar refractivity (Wildman–Crippen MR) is 92.6 cm³/mol. The molecule has 8 atom stereocenters. The van der Waals surface area contributed by atoms with Crippen LogP contribution in [-0.4, -0.2) is 36.6 Å². The molecular formula is C21H32O3. The standard InChI is InChI=1S/C21H32O3/c1-2-21-8-7-14-15(17(21)5-6-20(21)22)4-3-13-11-18-19(12-16(13)14)24-10-9-23-18/h3,14-20,22H,2,4-12H2,1H3/t14-,15+,16-,17-,18?,19?,20-,21-/m0/s1. The van der Waals surface area contributed by atoms with Crippen LogP contribution in [0.3, 0.4) is 0 Å². The van der Waals surface area contributed by atoms with Crippen molar-refractivity contribution in [3.05, 3.63) is 11.6 Å². The number of aliphatic hydroxyl groups excluding tert-OH is 1.